The van der Waals surface area contributed by atoms with Gasteiger partial charge in [0.15, 0.2) is 5.96 Å². The van der Waals surface area contributed by atoms with Gasteiger partial charge >= 0.3 is 0 Å². The minimum absolute atomic E-state index is 0. The molecule has 1 amide bonds. The van der Waals surface area contributed by atoms with Crippen molar-refractivity contribution in [3.05, 3.63) is 23.8 Å². The fourth-order valence-electron chi connectivity index (χ4n) is 3.08. The van der Waals surface area contributed by atoms with Crippen molar-refractivity contribution in [1.82, 2.24) is 15.1 Å². The van der Waals surface area contributed by atoms with Crippen LogP contribution in [0.2, 0.25) is 0 Å². The van der Waals surface area contributed by atoms with Gasteiger partial charge in [0.2, 0.25) is 5.91 Å². The molecule has 0 saturated carbocycles. The van der Waals surface area contributed by atoms with Crippen LogP contribution in [0.15, 0.2) is 23.2 Å². The Morgan fingerprint density at radius 1 is 1.23 bits per heavy atom. The number of carbonyl (C=O) groups is 1. The van der Waals surface area contributed by atoms with Gasteiger partial charge in [-0.3, -0.25) is 4.79 Å². The largest absolute Gasteiger partial charge is 0.497 e. The Hall–Kier alpha value is -1.75. The van der Waals surface area contributed by atoms with E-state index in [0.717, 1.165) is 36.5 Å². The third kappa shape index (κ3) is 8.17. The second-order valence-electron chi connectivity index (χ2n) is 7.33. The fourth-order valence-corrected chi connectivity index (χ4v) is 3.08. The maximum absolute atomic E-state index is 12.0. The van der Waals surface area contributed by atoms with Gasteiger partial charge in [-0.2, -0.15) is 0 Å². The van der Waals surface area contributed by atoms with Gasteiger partial charge in [-0.25, -0.2) is 4.99 Å². The summed E-state index contributed by atoms with van der Waals surface area (Å²) in [5, 5.41) is 3.38. The molecule has 0 aromatic heterocycles. The molecule has 2 rings (SSSR count). The minimum atomic E-state index is -0.0476. The Bertz CT molecular complexity index is 694. The number of methoxy groups -OCH3 is 2. The third-order valence-electron chi connectivity index (χ3n) is 4.89. The molecule has 1 heterocycles. The van der Waals surface area contributed by atoms with Gasteiger partial charge in [-0.1, -0.05) is 0 Å². The van der Waals surface area contributed by atoms with Gasteiger partial charge in [0.05, 0.1) is 20.3 Å². The standard InChI is InChI=1S/C21H34N4O4.HI/c1-24(2)20(26)14-23-21(22-13-18-8-6-7-11-29-18)25(3)15-16-9-10-17(27-4)12-19(16)28-5;/h9-10,12,18H,6-8,11,13-15H2,1-5H3,(H,22,23);1H. The van der Waals surface area contributed by atoms with Crippen LogP contribution in [0.4, 0.5) is 0 Å². The summed E-state index contributed by atoms with van der Waals surface area (Å²) in [5.41, 5.74) is 0.998. The van der Waals surface area contributed by atoms with E-state index in [4.69, 9.17) is 14.2 Å². The van der Waals surface area contributed by atoms with Crippen LogP contribution in [-0.4, -0.2) is 82.8 Å². The Morgan fingerprint density at radius 3 is 2.60 bits per heavy atom. The maximum Gasteiger partial charge on any atom is 0.243 e. The Labute approximate surface area is 197 Å². The van der Waals surface area contributed by atoms with Crippen molar-refractivity contribution < 1.29 is 19.0 Å². The van der Waals surface area contributed by atoms with E-state index in [0.29, 0.717) is 19.0 Å². The number of ether oxygens (including phenoxy) is 3. The summed E-state index contributed by atoms with van der Waals surface area (Å²) in [6.07, 6.45) is 3.50. The number of nitrogens with one attached hydrogen (secondary N) is 1. The Morgan fingerprint density at radius 2 is 2.00 bits per heavy atom. The van der Waals surface area contributed by atoms with Crippen molar-refractivity contribution in [3.8, 4) is 11.5 Å². The van der Waals surface area contributed by atoms with Crippen LogP contribution in [0.3, 0.4) is 0 Å². The predicted molar refractivity (Wildman–Crippen MR) is 129 cm³/mol. The number of guanidine groups is 1. The zero-order chi connectivity index (χ0) is 21.2. The van der Waals surface area contributed by atoms with Crippen molar-refractivity contribution in [2.45, 2.75) is 31.9 Å². The summed E-state index contributed by atoms with van der Waals surface area (Å²) in [5.74, 6) is 2.10. The number of aliphatic imine (C=N–C) groups is 1. The minimum Gasteiger partial charge on any atom is -0.497 e. The van der Waals surface area contributed by atoms with E-state index in [9.17, 15) is 4.79 Å². The number of carbonyl (C=O) groups excluding carboxylic acids is 1. The van der Waals surface area contributed by atoms with E-state index in [1.165, 1.54) is 11.3 Å². The maximum atomic E-state index is 12.0. The van der Waals surface area contributed by atoms with E-state index in [2.05, 4.69) is 10.3 Å². The third-order valence-corrected chi connectivity index (χ3v) is 4.89. The zero-order valence-corrected chi connectivity index (χ0v) is 21.0. The lowest BCUT2D eigenvalue weighted by Gasteiger charge is -2.27. The molecule has 1 aliphatic heterocycles. The first-order chi connectivity index (χ1) is 13.9. The van der Waals surface area contributed by atoms with Crippen molar-refractivity contribution >= 4 is 35.8 Å². The van der Waals surface area contributed by atoms with Gasteiger partial charge in [0, 0.05) is 52.5 Å². The molecule has 1 unspecified atom stereocenters. The van der Waals surface area contributed by atoms with Gasteiger partial charge < -0.3 is 29.3 Å². The molecule has 9 heteroatoms. The molecule has 1 atom stereocenters. The van der Waals surface area contributed by atoms with Crippen molar-refractivity contribution in [1.29, 1.82) is 0 Å². The normalized spacial score (nSPS) is 16.3. The summed E-state index contributed by atoms with van der Waals surface area (Å²) in [6.45, 7) is 2.13. The number of rotatable bonds is 8. The highest BCUT2D eigenvalue weighted by molar-refractivity contribution is 14.0. The first-order valence-corrected chi connectivity index (χ1v) is 9.96. The summed E-state index contributed by atoms with van der Waals surface area (Å²) in [6, 6.07) is 5.74. The first kappa shape index (κ1) is 26.3. The van der Waals surface area contributed by atoms with Gasteiger partial charge in [0.1, 0.15) is 18.0 Å². The van der Waals surface area contributed by atoms with Crippen molar-refractivity contribution in [2.75, 3.05) is 55.1 Å². The molecule has 30 heavy (non-hydrogen) atoms. The average molecular weight is 534 g/mol. The second kappa shape index (κ2) is 13.5. The summed E-state index contributed by atoms with van der Waals surface area (Å²) in [4.78, 5) is 20.1. The van der Waals surface area contributed by atoms with Crippen LogP contribution >= 0.6 is 24.0 Å². The van der Waals surface area contributed by atoms with E-state index in [1.807, 2.05) is 30.1 Å². The molecule has 1 N–H and O–H groups in total. The quantitative estimate of drug-likeness (QED) is 0.314. The zero-order valence-electron chi connectivity index (χ0n) is 18.6. The smallest absolute Gasteiger partial charge is 0.243 e. The van der Waals surface area contributed by atoms with Gasteiger partial charge in [-0.05, 0) is 31.4 Å². The molecule has 170 valence electrons. The fraction of sp³-hybridized carbons (Fsp3) is 0.619. The molecule has 1 aliphatic rings. The summed E-state index contributed by atoms with van der Waals surface area (Å²) >= 11 is 0. The monoisotopic (exact) mass is 534 g/mol. The number of amides is 1. The first-order valence-electron chi connectivity index (χ1n) is 9.96. The molecule has 0 bridgehead atoms. The molecule has 0 radical (unpaired) electrons. The molecule has 0 aliphatic carbocycles. The van der Waals surface area contributed by atoms with Crippen LogP contribution < -0.4 is 14.8 Å². The van der Waals surface area contributed by atoms with E-state index in [-0.39, 0.29) is 42.5 Å². The highest BCUT2D eigenvalue weighted by Gasteiger charge is 2.17. The number of hydrogen-bond donors (Lipinski definition) is 1. The average Bonchev–Trinajstić information content (AvgIpc) is 2.74. The highest BCUT2D eigenvalue weighted by atomic mass is 127. The lowest BCUT2D eigenvalue weighted by atomic mass is 10.1. The van der Waals surface area contributed by atoms with Gasteiger partial charge in [-0.15, -0.1) is 24.0 Å². The van der Waals surface area contributed by atoms with E-state index >= 15 is 0 Å². The molecule has 0 spiro atoms. The number of likely N-dealkylation sites (N-methyl/N-ethyl adjacent to an activating group) is 1. The van der Waals surface area contributed by atoms with Crippen LogP contribution in [0.1, 0.15) is 24.8 Å². The van der Waals surface area contributed by atoms with Gasteiger partial charge in [0.25, 0.3) is 0 Å². The van der Waals surface area contributed by atoms with Crippen LogP contribution in [0.5, 0.6) is 11.5 Å². The Kier molecular flexibility index (Phi) is 11.9. The molecular weight excluding hydrogens is 499 g/mol. The lowest BCUT2D eigenvalue weighted by Crippen LogP contribution is -2.43. The molecule has 8 nitrogen and oxygen atoms in total. The van der Waals surface area contributed by atoms with Crippen molar-refractivity contribution in [2.24, 2.45) is 4.99 Å². The van der Waals surface area contributed by atoms with Crippen molar-refractivity contribution in [3.63, 3.8) is 0 Å². The number of benzene rings is 1. The summed E-state index contributed by atoms with van der Waals surface area (Å²) in [7, 11) is 8.67. The lowest BCUT2D eigenvalue weighted by molar-refractivity contribution is -0.127. The highest BCUT2D eigenvalue weighted by Crippen LogP contribution is 2.25. The van der Waals surface area contributed by atoms with Crippen LogP contribution in [-0.2, 0) is 16.1 Å². The topological polar surface area (TPSA) is 75.6 Å². The molecule has 1 aromatic carbocycles. The molecular formula is C21H35IN4O4. The van der Waals surface area contributed by atoms with Crippen LogP contribution in [0.25, 0.3) is 0 Å². The van der Waals surface area contributed by atoms with Crippen LogP contribution in [0, 0.1) is 0 Å². The Balaban J connectivity index is 0.00000450. The molecule has 1 aromatic rings. The van der Waals surface area contributed by atoms with E-state index < -0.39 is 0 Å². The molecule has 1 fully saturated rings. The number of halogens is 1. The second-order valence-corrected chi connectivity index (χ2v) is 7.33. The number of nitrogens with zero attached hydrogens (tertiary/aromatic N) is 3. The number of hydrogen-bond acceptors (Lipinski definition) is 5. The summed E-state index contributed by atoms with van der Waals surface area (Å²) < 4.78 is 16.6. The van der Waals surface area contributed by atoms with E-state index in [1.54, 1.807) is 28.3 Å². The predicted octanol–water partition coefficient (Wildman–Crippen LogP) is 2.36. The molecule has 1 saturated heterocycles. The SMILES string of the molecule is COc1ccc(CN(C)C(=NCC(=O)N(C)C)NCC2CCCCO2)c(OC)c1.I.